The first-order valence-electron chi connectivity index (χ1n) is 17.0. The van der Waals surface area contributed by atoms with Gasteiger partial charge >= 0.3 is 0 Å². The van der Waals surface area contributed by atoms with E-state index >= 15 is 8.78 Å². The third-order valence-electron chi connectivity index (χ3n) is 9.76. The lowest BCUT2D eigenvalue weighted by Gasteiger charge is -2.40. The van der Waals surface area contributed by atoms with E-state index < -0.39 is 26.4 Å². The van der Waals surface area contributed by atoms with Crippen LogP contribution in [0.2, 0.25) is 18.1 Å². The van der Waals surface area contributed by atoms with Crippen molar-refractivity contribution in [3.63, 3.8) is 0 Å². The number of hydrogen-bond donors (Lipinski definition) is 1. The highest BCUT2D eigenvalue weighted by atomic mass is 28.4. The Hall–Kier alpha value is -0.343. The van der Waals surface area contributed by atoms with Crippen molar-refractivity contribution < 1.29 is 27.8 Å². The Labute approximate surface area is 252 Å². The van der Waals surface area contributed by atoms with Crippen LogP contribution in [0.4, 0.5) is 8.78 Å². The van der Waals surface area contributed by atoms with Crippen LogP contribution < -0.4 is 0 Å². The van der Waals surface area contributed by atoms with E-state index in [4.69, 9.17) is 13.9 Å². The second-order valence-corrected chi connectivity index (χ2v) is 19.1. The summed E-state index contributed by atoms with van der Waals surface area (Å²) in [7, 11) is -2.46. The molecule has 1 N–H and O–H groups in total. The first kappa shape index (κ1) is 36.8. The van der Waals surface area contributed by atoms with E-state index in [0.29, 0.717) is 19.4 Å². The maximum atomic E-state index is 15.8. The Morgan fingerprint density at radius 1 is 0.951 bits per heavy atom. The van der Waals surface area contributed by atoms with Gasteiger partial charge in [0.1, 0.15) is 6.10 Å². The number of rotatable bonds is 19. The van der Waals surface area contributed by atoms with Crippen molar-refractivity contribution in [2.24, 2.45) is 11.8 Å². The molecule has 0 spiro atoms. The molecule has 0 amide bonds. The zero-order valence-electron chi connectivity index (χ0n) is 27.6. The molecule has 0 aromatic heterocycles. The number of alkyl halides is 2. The molecule has 242 valence electrons. The quantitative estimate of drug-likeness (QED) is 0.0908. The lowest BCUT2D eigenvalue weighted by Crippen LogP contribution is -2.48. The van der Waals surface area contributed by atoms with Crippen molar-refractivity contribution in [1.82, 2.24) is 0 Å². The number of unbranched alkanes of at least 4 members (excludes halogenated alkanes) is 8. The molecule has 2 rings (SSSR count). The lowest BCUT2D eigenvalue weighted by molar-refractivity contribution is -0.193. The molecule has 7 heteroatoms. The van der Waals surface area contributed by atoms with Gasteiger partial charge in [-0.15, -0.1) is 0 Å². The minimum Gasteiger partial charge on any atom is -0.404 e. The molecule has 5 unspecified atom stereocenters. The van der Waals surface area contributed by atoms with Gasteiger partial charge in [0.15, 0.2) is 14.6 Å². The number of aliphatic hydroxyl groups excluding tert-OH is 1. The van der Waals surface area contributed by atoms with Crippen LogP contribution in [0.3, 0.4) is 0 Å². The van der Waals surface area contributed by atoms with Crippen LogP contribution in [-0.2, 0) is 13.9 Å². The lowest BCUT2D eigenvalue weighted by atomic mass is 9.87. The summed E-state index contributed by atoms with van der Waals surface area (Å²) in [6.07, 6.45) is 15.9. The summed E-state index contributed by atoms with van der Waals surface area (Å²) in [5, 5.41) is 11.0. The number of hydrogen-bond acceptors (Lipinski definition) is 4. The molecule has 1 heterocycles. The average Bonchev–Trinajstić information content (AvgIpc) is 3.19. The molecule has 6 atom stereocenters. The molecule has 2 fully saturated rings. The summed E-state index contributed by atoms with van der Waals surface area (Å²) in [5.41, 5.74) is 0. The van der Waals surface area contributed by atoms with Crippen LogP contribution in [0.5, 0.6) is 0 Å². The Morgan fingerprint density at radius 2 is 1.59 bits per heavy atom. The largest absolute Gasteiger partial charge is 0.404 e. The normalized spacial score (nSPS) is 27.1. The summed E-state index contributed by atoms with van der Waals surface area (Å²) in [6, 6.07) is 0. The van der Waals surface area contributed by atoms with Gasteiger partial charge in [0.05, 0.1) is 12.2 Å². The molecule has 0 bridgehead atoms. The van der Waals surface area contributed by atoms with Crippen LogP contribution in [-0.4, -0.2) is 50.6 Å². The molecule has 0 aromatic carbocycles. The summed E-state index contributed by atoms with van der Waals surface area (Å²) >= 11 is 0. The van der Waals surface area contributed by atoms with E-state index in [1.54, 1.807) is 6.08 Å². The van der Waals surface area contributed by atoms with Crippen molar-refractivity contribution in [3.8, 4) is 0 Å². The van der Waals surface area contributed by atoms with Gasteiger partial charge in [-0.1, -0.05) is 105 Å². The standard InChI is InChI=1S/C34H64F2O4Si/c1-8-10-12-14-15-16-20-27-28(30(26-29(27)37)39-32-21-17-19-25-38-32)22-23-31(40-41(6,7)33(3,4)5)34(35,36)24-18-13-11-9-2/h22-23,27-32,37H,8-21,24-26H2,1-7H3/b23-22+/t27?,28-,29?,30?,31?,32?/m1/s1. The maximum absolute atomic E-state index is 15.8. The van der Waals surface area contributed by atoms with E-state index in [1.165, 1.54) is 25.7 Å². The number of aliphatic hydroxyl groups is 1. The highest BCUT2D eigenvalue weighted by molar-refractivity contribution is 6.74. The molecular weight excluding hydrogens is 538 g/mol. The fourth-order valence-electron chi connectivity index (χ4n) is 5.99. The third-order valence-corrected chi connectivity index (χ3v) is 14.2. The molecule has 1 aliphatic carbocycles. The van der Waals surface area contributed by atoms with Gasteiger partial charge in [-0.25, -0.2) is 8.78 Å². The van der Waals surface area contributed by atoms with Crippen LogP contribution >= 0.6 is 0 Å². The number of ether oxygens (including phenoxy) is 2. The van der Waals surface area contributed by atoms with Gasteiger partial charge in [-0.05, 0) is 56.2 Å². The van der Waals surface area contributed by atoms with Crippen LogP contribution in [0.25, 0.3) is 0 Å². The molecule has 0 aromatic rings. The minimum absolute atomic E-state index is 0.00212. The second-order valence-electron chi connectivity index (χ2n) is 14.3. The zero-order chi connectivity index (χ0) is 30.5. The van der Waals surface area contributed by atoms with Crippen molar-refractivity contribution in [3.05, 3.63) is 12.2 Å². The number of halogens is 2. The minimum atomic E-state index is -2.95. The van der Waals surface area contributed by atoms with Crippen molar-refractivity contribution in [2.45, 2.75) is 186 Å². The van der Waals surface area contributed by atoms with Crippen LogP contribution in [0.1, 0.15) is 137 Å². The topological polar surface area (TPSA) is 47.9 Å². The molecule has 4 nitrogen and oxygen atoms in total. The highest BCUT2D eigenvalue weighted by Crippen LogP contribution is 2.43. The third kappa shape index (κ3) is 12.3. The first-order chi connectivity index (χ1) is 19.3. The van der Waals surface area contributed by atoms with Crippen molar-refractivity contribution >= 4 is 8.32 Å². The molecule has 1 saturated carbocycles. The fourth-order valence-corrected chi connectivity index (χ4v) is 7.23. The summed E-state index contributed by atoms with van der Waals surface area (Å²) in [4.78, 5) is 0. The Morgan fingerprint density at radius 3 is 2.20 bits per heavy atom. The van der Waals surface area contributed by atoms with E-state index in [2.05, 4.69) is 34.6 Å². The predicted octanol–water partition coefficient (Wildman–Crippen LogP) is 10.2. The second kappa shape index (κ2) is 17.8. The molecule has 41 heavy (non-hydrogen) atoms. The smallest absolute Gasteiger partial charge is 0.276 e. The van der Waals surface area contributed by atoms with Crippen LogP contribution in [0, 0.1) is 11.8 Å². The summed E-state index contributed by atoms with van der Waals surface area (Å²) in [5.74, 6) is -3.08. The van der Waals surface area contributed by atoms with Crippen LogP contribution in [0.15, 0.2) is 12.2 Å². The van der Waals surface area contributed by atoms with E-state index in [0.717, 1.165) is 57.8 Å². The molecule has 0 radical (unpaired) electrons. The molecular formula is C34H64F2O4Si. The van der Waals surface area contributed by atoms with Gasteiger partial charge in [-0.3, -0.25) is 0 Å². The van der Waals surface area contributed by atoms with E-state index in [9.17, 15) is 5.11 Å². The SMILES string of the molecule is CCCCCCCCC1C(O)CC(OC2CCCCO2)[C@@H]1/C=C/C(O[Si](C)(C)C(C)(C)C)C(F)(F)CCCCCC. The monoisotopic (exact) mass is 602 g/mol. The van der Waals surface area contributed by atoms with Crippen molar-refractivity contribution in [2.75, 3.05) is 6.61 Å². The van der Waals surface area contributed by atoms with E-state index in [-0.39, 0.29) is 35.7 Å². The summed E-state index contributed by atoms with van der Waals surface area (Å²) in [6.45, 7) is 15.4. The summed E-state index contributed by atoms with van der Waals surface area (Å²) < 4.78 is 50.4. The Kier molecular flexibility index (Phi) is 16.0. The Balaban J connectivity index is 2.27. The maximum Gasteiger partial charge on any atom is 0.276 e. The van der Waals surface area contributed by atoms with Gasteiger partial charge < -0.3 is 19.0 Å². The van der Waals surface area contributed by atoms with Crippen molar-refractivity contribution in [1.29, 1.82) is 0 Å². The molecule has 2 aliphatic rings. The van der Waals surface area contributed by atoms with Gasteiger partial charge in [0, 0.05) is 25.4 Å². The van der Waals surface area contributed by atoms with Gasteiger partial charge in [0.25, 0.3) is 5.92 Å². The fraction of sp³-hybridized carbons (Fsp3) is 0.941. The first-order valence-corrected chi connectivity index (χ1v) is 19.9. The zero-order valence-corrected chi connectivity index (χ0v) is 28.6. The average molecular weight is 603 g/mol. The Bertz CT molecular complexity index is 733. The van der Waals surface area contributed by atoms with Gasteiger partial charge in [0.2, 0.25) is 0 Å². The molecule has 1 aliphatic heterocycles. The highest BCUT2D eigenvalue weighted by Gasteiger charge is 2.47. The molecule has 1 saturated heterocycles. The van der Waals surface area contributed by atoms with Gasteiger partial charge in [-0.2, -0.15) is 0 Å². The predicted molar refractivity (Wildman–Crippen MR) is 169 cm³/mol. The van der Waals surface area contributed by atoms with E-state index in [1.807, 2.05) is 19.2 Å².